The second kappa shape index (κ2) is 5.48. The molecule has 0 N–H and O–H groups in total. The Kier molecular flexibility index (Phi) is 4.09. The van der Waals surface area contributed by atoms with Crippen molar-refractivity contribution in [2.75, 3.05) is 0 Å². The van der Waals surface area contributed by atoms with Gasteiger partial charge < -0.3 is 4.57 Å². The van der Waals surface area contributed by atoms with E-state index in [1.165, 1.54) is 23.5 Å². The zero-order valence-electron chi connectivity index (χ0n) is 12.2. The summed E-state index contributed by atoms with van der Waals surface area (Å²) in [6.45, 7) is 8.36. The van der Waals surface area contributed by atoms with Crippen LogP contribution in [0.5, 0.6) is 0 Å². The number of hydrogen-bond donors (Lipinski definition) is 0. The van der Waals surface area contributed by atoms with Crippen LogP contribution in [0.1, 0.15) is 34.1 Å². The number of nitrogens with zero attached hydrogens (tertiary/aromatic N) is 2. The molecule has 1 amide bonds. The molecule has 0 aliphatic heterocycles. The lowest BCUT2D eigenvalue weighted by atomic mass is 9.96. The van der Waals surface area contributed by atoms with Crippen LogP contribution in [0.3, 0.4) is 0 Å². The van der Waals surface area contributed by atoms with Gasteiger partial charge in [0.15, 0.2) is 4.80 Å². The number of rotatable bonds is 2. The van der Waals surface area contributed by atoms with Gasteiger partial charge in [0, 0.05) is 12.0 Å². The van der Waals surface area contributed by atoms with Gasteiger partial charge in [-0.2, -0.15) is 4.99 Å². The molecule has 3 nitrogen and oxygen atoms in total. The van der Waals surface area contributed by atoms with Crippen molar-refractivity contribution in [3.63, 3.8) is 0 Å². The quantitative estimate of drug-likeness (QED) is 0.831. The maximum absolute atomic E-state index is 13.3. The standard InChI is InChI=1S/C15H19FN2OS/c1-5-8-18-11-7-6-10(16)9-12(11)20-14(18)17-13(19)15(2,3)4/h6-7,9H,5,8H2,1-4H3. The zero-order valence-corrected chi connectivity index (χ0v) is 13.1. The van der Waals surface area contributed by atoms with Crippen LogP contribution in [0.25, 0.3) is 10.2 Å². The molecule has 0 aliphatic carbocycles. The number of halogens is 1. The minimum Gasteiger partial charge on any atom is -0.316 e. The van der Waals surface area contributed by atoms with Gasteiger partial charge in [-0.25, -0.2) is 4.39 Å². The summed E-state index contributed by atoms with van der Waals surface area (Å²) in [5, 5.41) is 0. The highest BCUT2D eigenvalue weighted by atomic mass is 32.1. The van der Waals surface area contributed by atoms with Gasteiger partial charge >= 0.3 is 0 Å². The lowest BCUT2D eigenvalue weighted by Crippen LogP contribution is -2.23. The summed E-state index contributed by atoms with van der Waals surface area (Å²) in [7, 11) is 0. The molecule has 0 saturated carbocycles. The van der Waals surface area contributed by atoms with Crippen molar-refractivity contribution in [1.82, 2.24) is 4.57 Å². The molecule has 0 spiro atoms. The summed E-state index contributed by atoms with van der Waals surface area (Å²) in [6, 6.07) is 4.68. The number of carbonyl (C=O) groups excluding carboxylic acids is 1. The molecule has 0 atom stereocenters. The van der Waals surface area contributed by atoms with Crippen LogP contribution >= 0.6 is 11.3 Å². The molecule has 0 saturated heterocycles. The highest BCUT2D eigenvalue weighted by Gasteiger charge is 2.21. The Hall–Kier alpha value is -1.49. The van der Waals surface area contributed by atoms with Crippen molar-refractivity contribution in [2.24, 2.45) is 10.4 Å². The molecule has 0 aliphatic rings. The SMILES string of the molecule is CCCn1c(=NC(=O)C(C)(C)C)sc2cc(F)ccc21. The average Bonchev–Trinajstić information content (AvgIpc) is 2.66. The van der Waals surface area contributed by atoms with E-state index in [9.17, 15) is 9.18 Å². The molecular formula is C15H19FN2OS. The third kappa shape index (κ3) is 2.98. The van der Waals surface area contributed by atoms with E-state index in [4.69, 9.17) is 0 Å². The van der Waals surface area contributed by atoms with Gasteiger partial charge in [0.05, 0.1) is 10.2 Å². The molecule has 2 rings (SSSR count). The second-order valence-corrected chi connectivity index (χ2v) is 6.82. The van der Waals surface area contributed by atoms with E-state index in [-0.39, 0.29) is 11.7 Å². The summed E-state index contributed by atoms with van der Waals surface area (Å²) < 4.78 is 16.1. The van der Waals surface area contributed by atoms with Crippen molar-refractivity contribution < 1.29 is 9.18 Å². The molecule has 0 unspecified atom stereocenters. The normalized spacial score (nSPS) is 13.2. The molecule has 5 heteroatoms. The van der Waals surface area contributed by atoms with Gasteiger partial charge in [0.1, 0.15) is 5.82 Å². The predicted octanol–water partition coefficient (Wildman–Crippen LogP) is 3.73. The lowest BCUT2D eigenvalue weighted by Gasteiger charge is -2.11. The number of thiazole rings is 1. The van der Waals surface area contributed by atoms with Crippen molar-refractivity contribution in [3.8, 4) is 0 Å². The first-order chi connectivity index (χ1) is 9.32. The second-order valence-electron chi connectivity index (χ2n) is 5.82. The maximum Gasteiger partial charge on any atom is 0.253 e. The van der Waals surface area contributed by atoms with Crippen molar-refractivity contribution in [1.29, 1.82) is 0 Å². The molecule has 0 bridgehead atoms. The van der Waals surface area contributed by atoms with E-state index >= 15 is 0 Å². The number of carbonyl (C=O) groups is 1. The van der Waals surface area contributed by atoms with Gasteiger partial charge in [-0.05, 0) is 24.6 Å². The third-order valence-corrected chi connectivity index (χ3v) is 3.97. The molecule has 0 fully saturated rings. The monoisotopic (exact) mass is 294 g/mol. The number of hydrogen-bond acceptors (Lipinski definition) is 2. The summed E-state index contributed by atoms with van der Waals surface area (Å²) in [5.74, 6) is -0.425. The van der Waals surface area contributed by atoms with Crippen LogP contribution in [-0.2, 0) is 11.3 Å². The van der Waals surface area contributed by atoms with Crippen LogP contribution in [0.15, 0.2) is 23.2 Å². The fourth-order valence-corrected chi connectivity index (χ4v) is 2.91. The van der Waals surface area contributed by atoms with Crippen LogP contribution < -0.4 is 4.80 Å². The minimum atomic E-state index is -0.508. The smallest absolute Gasteiger partial charge is 0.253 e. The van der Waals surface area contributed by atoms with E-state index < -0.39 is 5.41 Å². The topological polar surface area (TPSA) is 34.4 Å². The molecule has 2 aromatic rings. The van der Waals surface area contributed by atoms with Crippen LogP contribution in [0.2, 0.25) is 0 Å². The maximum atomic E-state index is 13.3. The minimum absolute atomic E-state index is 0.158. The average molecular weight is 294 g/mol. The lowest BCUT2D eigenvalue weighted by molar-refractivity contribution is -0.125. The van der Waals surface area contributed by atoms with Gasteiger partial charge in [-0.1, -0.05) is 39.0 Å². The van der Waals surface area contributed by atoms with Crippen molar-refractivity contribution >= 4 is 27.5 Å². The summed E-state index contributed by atoms with van der Waals surface area (Å²) in [6.07, 6.45) is 0.931. The summed E-state index contributed by atoms with van der Waals surface area (Å²) in [4.78, 5) is 17.0. The van der Waals surface area contributed by atoms with Crippen LogP contribution in [0, 0.1) is 11.2 Å². The fraction of sp³-hybridized carbons (Fsp3) is 0.467. The number of aryl methyl sites for hydroxylation is 1. The highest BCUT2D eigenvalue weighted by Crippen LogP contribution is 2.20. The van der Waals surface area contributed by atoms with E-state index in [1.54, 1.807) is 6.07 Å². The first-order valence-electron chi connectivity index (χ1n) is 6.71. The number of benzene rings is 1. The van der Waals surface area contributed by atoms with E-state index in [1.807, 2.05) is 25.3 Å². The predicted molar refractivity (Wildman–Crippen MR) is 80.1 cm³/mol. The Labute approximate surface area is 121 Å². The Morgan fingerprint density at radius 2 is 2.10 bits per heavy atom. The Morgan fingerprint density at radius 1 is 1.40 bits per heavy atom. The van der Waals surface area contributed by atoms with Gasteiger partial charge in [-0.3, -0.25) is 4.79 Å². The molecule has 108 valence electrons. The largest absolute Gasteiger partial charge is 0.316 e. The summed E-state index contributed by atoms with van der Waals surface area (Å²) in [5.41, 5.74) is 0.421. The van der Waals surface area contributed by atoms with Crippen molar-refractivity contribution in [2.45, 2.75) is 40.7 Å². The third-order valence-electron chi connectivity index (χ3n) is 2.93. The first-order valence-corrected chi connectivity index (χ1v) is 7.52. The fourth-order valence-electron chi connectivity index (χ4n) is 1.83. The molecular weight excluding hydrogens is 275 g/mol. The molecule has 1 heterocycles. The Balaban J connectivity index is 2.66. The number of fused-ring (bicyclic) bond motifs is 1. The van der Waals surface area contributed by atoms with E-state index in [0.29, 0.717) is 4.80 Å². The highest BCUT2D eigenvalue weighted by molar-refractivity contribution is 7.16. The number of amides is 1. The molecule has 0 radical (unpaired) electrons. The van der Waals surface area contributed by atoms with Gasteiger partial charge in [0.2, 0.25) is 0 Å². The Morgan fingerprint density at radius 3 is 2.70 bits per heavy atom. The summed E-state index contributed by atoms with van der Waals surface area (Å²) >= 11 is 1.36. The van der Waals surface area contributed by atoms with Crippen LogP contribution in [-0.4, -0.2) is 10.5 Å². The first kappa shape index (κ1) is 14.9. The van der Waals surface area contributed by atoms with Crippen LogP contribution in [0.4, 0.5) is 4.39 Å². The van der Waals surface area contributed by atoms with Gasteiger partial charge in [0.25, 0.3) is 5.91 Å². The molecule has 1 aromatic carbocycles. The van der Waals surface area contributed by atoms with Gasteiger partial charge in [-0.15, -0.1) is 0 Å². The molecule has 20 heavy (non-hydrogen) atoms. The Bertz CT molecular complexity index is 707. The zero-order chi connectivity index (χ0) is 14.9. The van der Waals surface area contributed by atoms with E-state index in [2.05, 4.69) is 11.9 Å². The molecule has 1 aromatic heterocycles. The number of aromatic nitrogens is 1. The van der Waals surface area contributed by atoms with E-state index in [0.717, 1.165) is 23.2 Å². The van der Waals surface area contributed by atoms with Crippen molar-refractivity contribution in [3.05, 3.63) is 28.8 Å².